The lowest BCUT2D eigenvalue weighted by Gasteiger charge is -2.22. The maximum Gasteiger partial charge on any atom is 0.135 e. The van der Waals surface area contributed by atoms with Crippen LogP contribution >= 0.6 is 0 Å². The topological polar surface area (TPSA) is 14.2 Å². The number of ether oxygens (including phenoxy) is 1. The van der Waals surface area contributed by atoms with E-state index in [9.17, 15) is 0 Å². The zero-order valence-corrected chi connectivity index (χ0v) is 21.6. The van der Waals surface area contributed by atoms with Crippen molar-refractivity contribution in [2.24, 2.45) is 0 Å². The Hall–Kier alpha value is -5.34. The predicted molar refractivity (Wildman–Crippen MR) is 167 cm³/mol. The van der Waals surface area contributed by atoms with Crippen LogP contribution in [0.4, 0.5) is 0 Å². The van der Waals surface area contributed by atoms with Gasteiger partial charge in [-0.15, -0.1) is 0 Å². The van der Waals surface area contributed by atoms with E-state index in [0.29, 0.717) is 0 Å². The lowest BCUT2D eigenvalue weighted by molar-refractivity contribution is 0.487. The summed E-state index contributed by atoms with van der Waals surface area (Å²) in [6, 6.07) is 50.1. The Labute approximate surface area is 231 Å². The van der Waals surface area contributed by atoms with Gasteiger partial charge in [0.15, 0.2) is 0 Å². The van der Waals surface area contributed by atoms with Crippen molar-refractivity contribution in [1.82, 2.24) is 4.57 Å². The summed E-state index contributed by atoms with van der Waals surface area (Å²) in [5, 5.41) is 7.42. The zero-order valence-electron chi connectivity index (χ0n) is 21.6. The molecule has 0 unspecified atom stereocenters. The van der Waals surface area contributed by atoms with Crippen LogP contribution < -0.4 is 4.74 Å². The quantitative estimate of drug-likeness (QED) is 0.226. The van der Waals surface area contributed by atoms with E-state index in [4.69, 9.17) is 4.74 Å². The maximum atomic E-state index is 6.34. The molecule has 2 nitrogen and oxygen atoms in total. The molecule has 0 bridgehead atoms. The molecule has 9 rings (SSSR count). The fraction of sp³-hybridized carbons (Fsp3) is 0. The van der Waals surface area contributed by atoms with E-state index in [1.54, 1.807) is 0 Å². The molecule has 186 valence electrons. The standard InChI is InChI=1S/C38H23NO/c1-2-10-28(11-3-1)39-34-14-5-4-12-30(34)32-20-17-27-22-25(16-19-29(27)38(32)39)26-18-21-35-33(23-26)31-13-6-8-24-9-7-15-36(40-35)37(24)31/h1-23H. The first-order valence-corrected chi connectivity index (χ1v) is 13.7. The fourth-order valence-electron chi connectivity index (χ4n) is 6.56. The van der Waals surface area contributed by atoms with Gasteiger partial charge in [-0.1, -0.05) is 97.1 Å². The fourth-order valence-corrected chi connectivity index (χ4v) is 6.56. The van der Waals surface area contributed by atoms with Crippen LogP contribution in [0.1, 0.15) is 0 Å². The molecule has 0 amide bonds. The summed E-state index contributed by atoms with van der Waals surface area (Å²) in [5.74, 6) is 1.83. The third-order valence-corrected chi connectivity index (χ3v) is 8.35. The summed E-state index contributed by atoms with van der Waals surface area (Å²) in [5.41, 5.74) is 8.40. The van der Waals surface area contributed by atoms with E-state index in [-0.39, 0.29) is 0 Å². The molecule has 0 saturated heterocycles. The highest BCUT2D eigenvalue weighted by atomic mass is 16.5. The van der Waals surface area contributed by atoms with Gasteiger partial charge >= 0.3 is 0 Å². The molecular weight excluding hydrogens is 486 g/mol. The molecule has 40 heavy (non-hydrogen) atoms. The van der Waals surface area contributed by atoms with Gasteiger partial charge in [-0.05, 0) is 69.9 Å². The number of para-hydroxylation sites is 2. The van der Waals surface area contributed by atoms with Crippen molar-refractivity contribution < 1.29 is 4.74 Å². The van der Waals surface area contributed by atoms with Crippen molar-refractivity contribution >= 4 is 43.4 Å². The first-order valence-electron chi connectivity index (χ1n) is 13.7. The highest BCUT2D eigenvalue weighted by Gasteiger charge is 2.20. The van der Waals surface area contributed by atoms with Crippen LogP contribution in [-0.2, 0) is 0 Å². The van der Waals surface area contributed by atoms with Gasteiger partial charge in [-0.2, -0.15) is 0 Å². The van der Waals surface area contributed by atoms with Gasteiger partial charge in [-0.3, -0.25) is 0 Å². The molecule has 1 aliphatic rings. The summed E-state index contributed by atoms with van der Waals surface area (Å²) in [7, 11) is 0. The molecule has 0 radical (unpaired) electrons. The van der Waals surface area contributed by atoms with Gasteiger partial charge in [0.1, 0.15) is 11.5 Å². The van der Waals surface area contributed by atoms with E-state index in [1.807, 2.05) is 0 Å². The Kier molecular flexibility index (Phi) is 4.36. The largest absolute Gasteiger partial charge is 0.456 e. The van der Waals surface area contributed by atoms with Crippen LogP contribution in [0, 0.1) is 0 Å². The zero-order chi connectivity index (χ0) is 26.2. The molecule has 2 heterocycles. The smallest absolute Gasteiger partial charge is 0.135 e. The lowest BCUT2D eigenvalue weighted by atomic mass is 9.92. The number of aromatic nitrogens is 1. The summed E-state index contributed by atoms with van der Waals surface area (Å²) in [4.78, 5) is 0. The first kappa shape index (κ1) is 21.6. The SMILES string of the molecule is c1ccc(-n2c3ccccc3c3ccc4cc(-c5ccc6c(c5)-c5cccc7cccc(c57)O6)ccc4c32)cc1. The molecule has 8 aromatic rings. The molecule has 0 spiro atoms. The molecule has 2 heteroatoms. The van der Waals surface area contributed by atoms with Gasteiger partial charge in [0.05, 0.1) is 11.0 Å². The van der Waals surface area contributed by atoms with Gasteiger partial charge in [-0.25, -0.2) is 0 Å². The van der Waals surface area contributed by atoms with Crippen LogP contribution in [0.15, 0.2) is 140 Å². The number of rotatable bonds is 2. The average molecular weight is 510 g/mol. The Morgan fingerprint density at radius 3 is 2.15 bits per heavy atom. The predicted octanol–water partition coefficient (Wildman–Crippen LogP) is 10.5. The summed E-state index contributed by atoms with van der Waals surface area (Å²) in [6.07, 6.45) is 0. The van der Waals surface area contributed by atoms with E-state index in [0.717, 1.165) is 17.1 Å². The molecule has 1 aromatic heterocycles. The van der Waals surface area contributed by atoms with Crippen molar-refractivity contribution in [2.45, 2.75) is 0 Å². The molecule has 7 aromatic carbocycles. The van der Waals surface area contributed by atoms with Crippen molar-refractivity contribution in [3.8, 4) is 39.4 Å². The Balaban J connectivity index is 1.26. The Bertz CT molecular complexity index is 2290. The van der Waals surface area contributed by atoms with Crippen molar-refractivity contribution in [3.63, 3.8) is 0 Å². The number of nitrogens with zero attached hydrogens (tertiary/aromatic N) is 1. The van der Waals surface area contributed by atoms with Crippen molar-refractivity contribution in [1.29, 1.82) is 0 Å². The second-order valence-corrected chi connectivity index (χ2v) is 10.6. The van der Waals surface area contributed by atoms with E-state index in [2.05, 4.69) is 144 Å². The molecule has 0 N–H and O–H groups in total. The summed E-state index contributed by atoms with van der Waals surface area (Å²) < 4.78 is 8.74. The highest BCUT2D eigenvalue weighted by molar-refractivity contribution is 6.19. The van der Waals surface area contributed by atoms with E-state index < -0.39 is 0 Å². The van der Waals surface area contributed by atoms with E-state index >= 15 is 0 Å². The van der Waals surface area contributed by atoms with Crippen molar-refractivity contribution in [3.05, 3.63) is 140 Å². The lowest BCUT2D eigenvalue weighted by Crippen LogP contribution is -1.97. The second-order valence-electron chi connectivity index (χ2n) is 10.6. The summed E-state index contributed by atoms with van der Waals surface area (Å²) >= 11 is 0. The molecule has 0 atom stereocenters. The van der Waals surface area contributed by atoms with Gasteiger partial charge in [0.2, 0.25) is 0 Å². The summed E-state index contributed by atoms with van der Waals surface area (Å²) in [6.45, 7) is 0. The maximum absolute atomic E-state index is 6.34. The minimum atomic E-state index is 0.907. The highest BCUT2D eigenvalue weighted by Crippen LogP contribution is 2.47. The van der Waals surface area contributed by atoms with Gasteiger partial charge < -0.3 is 9.30 Å². The first-order chi connectivity index (χ1) is 19.8. The van der Waals surface area contributed by atoms with Crippen LogP contribution in [0.5, 0.6) is 11.5 Å². The minimum absolute atomic E-state index is 0.907. The molecule has 0 saturated carbocycles. The minimum Gasteiger partial charge on any atom is -0.456 e. The normalized spacial score (nSPS) is 12.2. The Morgan fingerprint density at radius 2 is 1.23 bits per heavy atom. The van der Waals surface area contributed by atoms with Crippen molar-refractivity contribution in [2.75, 3.05) is 0 Å². The number of hydrogen-bond donors (Lipinski definition) is 0. The second kappa shape index (κ2) is 8.08. The van der Waals surface area contributed by atoms with Crippen LogP contribution in [-0.4, -0.2) is 4.57 Å². The number of hydrogen-bond acceptors (Lipinski definition) is 1. The number of fused-ring (bicyclic) bond motifs is 7. The Morgan fingerprint density at radius 1 is 0.450 bits per heavy atom. The molecule has 0 fully saturated rings. The van der Waals surface area contributed by atoms with Crippen LogP contribution in [0.3, 0.4) is 0 Å². The third kappa shape index (κ3) is 2.99. The van der Waals surface area contributed by atoms with Crippen LogP contribution in [0.25, 0.3) is 71.3 Å². The van der Waals surface area contributed by atoms with E-state index in [1.165, 1.54) is 65.7 Å². The molecule has 1 aliphatic heterocycles. The van der Waals surface area contributed by atoms with Gasteiger partial charge in [0.25, 0.3) is 0 Å². The molecular formula is C38H23NO. The third-order valence-electron chi connectivity index (χ3n) is 8.35. The molecule has 0 aliphatic carbocycles. The number of benzene rings is 7. The average Bonchev–Trinajstić information content (AvgIpc) is 3.36. The monoisotopic (exact) mass is 509 g/mol. The van der Waals surface area contributed by atoms with Crippen LogP contribution in [0.2, 0.25) is 0 Å². The van der Waals surface area contributed by atoms with Gasteiger partial charge in [0, 0.05) is 32.8 Å².